The summed E-state index contributed by atoms with van der Waals surface area (Å²) in [4.78, 5) is 29.3. The van der Waals surface area contributed by atoms with Crippen molar-refractivity contribution in [3.63, 3.8) is 0 Å². The van der Waals surface area contributed by atoms with Gasteiger partial charge in [0.15, 0.2) is 5.78 Å². The molecule has 1 heterocycles. The molecule has 4 atom stereocenters. The lowest BCUT2D eigenvalue weighted by Gasteiger charge is -2.36. The van der Waals surface area contributed by atoms with E-state index in [9.17, 15) is 9.59 Å². The second-order valence-corrected chi connectivity index (χ2v) is 6.33. The topological polar surface area (TPSA) is 52.6 Å². The standard InChI is InChI=1S/C17H28NO4/c1-5-18(6-2,7-3)22-16-11-15-14(10-17(20)21-15)13(16)9-8-12(4)19/h8-9,13-16H,5-7,10-11H2,1-4H3/q+1/b9-8+/t13-,14-,15+,16-/m1/s1. The average molecular weight is 310 g/mol. The second-order valence-electron chi connectivity index (χ2n) is 6.33. The highest BCUT2D eigenvalue weighted by Crippen LogP contribution is 2.44. The van der Waals surface area contributed by atoms with Crippen LogP contribution in [0.25, 0.3) is 0 Å². The molecule has 1 saturated carbocycles. The highest BCUT2D eigenvalue weighted by atomic mass is 16.7. The molecule has 0 amide bonds. The molecule has 1 aliphatic heterocycles. The van der Waals surface area contributed by atoms with Crippen molar-refractivity contribution in [1.82, 2.24) is 0 Å². The highest BCUT2D eigenvalue weighted by Gasteiger charge is 2.52. The van der Waals surface area contributed by atoms with Gasteiger partial charge in [0.2, 0.25) is 0 Å². The number of carbonyl (C=O) groups is 2. The number of ketones is 1. The fourth-order valence-electron chi connectivity index (χ4n) is 3.71. The van der Waals surface area contributed by atoms with Gasteiger partial charge in [0.05, 0.1) is 6.42 Å². The number of ether oxygens (including phenoxy) is 1. The number of nitrogens with zero attached hydrogens (tertiary/aromatic N) is 1. The summed E-state index contributed by atoms with van der Waals surface area (Å²) in [5, 5.41) is 0. The van der Waals surface area contributed by atoms with Crippen LogP contribution in [-0.4, -0.2) is 48.2 Å². The number of rotatable bonds is 7. The molecule has 0 aromatic carbocycles. The molecule has 0 N–H and O–H groups in total. The molecule has 0 aromatic heterocycles. The number of hydroxylamine groups is 3. The molecule has 0 radical (unpaired) electrons. The van der Waals surface area contributed by atoms with E-state index in [4.69, 9.17) is 9.57 Å². The fourth-order valence-corrected chi connectivity index (χ4v) is 3.71. The van der Waals surface area contributed by atoms with Crippen LogP contribution < -0.4 is 0 Å². The van der Waals surface area contributed by atoms with Crippen LogP contribution in [0.2, 0.25) is 0 Å². The molecule has 124 valence electrons. The summed E-state index contributed by atoms with van der Waals surface area (Å²) in [6.07, 6.45) is 4.62. The second kappa shape index (κ2) is 6.92. The van der Waals surface area contributed by atoms with Crippen molar-refractivity contribution < 1.29 is 23.8 Å². The minimum atomic E-state index is -0.128. The van der Waals surface area contributed by atoms with E-state index in [2.05, 4.69) is 20.8 Å². The number of esters is 1. The number of carbonyl (C=O) groups excluding carboxylic acids is 2. The average Bonchev–Trinajstić information content (AvgIpc) is 2.98. The van der Waals surface area contributed by atoms with Gasteiger partial charge < -0.3 is 4.74 Å². The maximum absolute atomic E-state index is 11.5. The smallest absolute Gasteiger partial charge is 0.306 e. The first-order valence-corrected chi connectivity index (χ1v) is 8.37. The Morgan fingerprint density at radius 1 is 1.32 bits per heavy atom. The Bertz CT molecular complexity index is 447. The third kappa shape index (κ3) is 3.41. The van der Waals surface area contributed by atoms with Gasteiger partial charge in [-0.1, -0.05) is 6.08 Å². The molecule has 2 rings (SSSR count). The molecule has 0 aromatic rings. The van der Waals surface area contributed by atoms with Crippen LogP contribution in [-0.2, 0) is 19.2 Å². The predicted octanol–water partition coefficient (Wildman–Crippen LogP) is 2.26. The molecule has 2 aliphatic rings. The summed E-state index contributed by atoms with van der Waals surface area (Å²) < 4.78 is 6.02. The van der Waals surface area contributed by atoms with Gasteiger partial charge >= 0.3 is 5.97 Å². The van der Waals surface area contributed by atoms with Crippen molar-refractivity contribution in [3.05, 3.63) is 12.2 Å². The molecule has 0 bridgehead atoms. The summed E-state index contributed by atoms with van der Waals surface area (Å²) in [7, 11) is 0. The van der Waals surface area contributed by atoms with Gasteiger partial charge in [-0.3, -0.25) is 9.59 Å². The maximum Gasteiger partial charge on any atom is 0.306 e. The molecule has 0 unspecified atom stereocenters. The highest BCUT2D eigenvalue weighted by molar-refractivity contribution is 5.87. The summed E-state index contributed by atoms with van der Waals surface area (Å²) in [6.45, 7) is 10.6. The number of fused-ring (bicyclic) bond motifs is 1. The lowest BCUT2D eigenvalue weighted by Crippen LogP contribution is -2.50. The van der Waals surface area contributed by atoms with Gasteiger partial charge in [-0.05, 0) is 33.8 Å². The Morgan fingerprint density at radius 3 is 2.50 bits per heavy atom. The minimum Gasteiger partial charge on any atom is -0.462 e. The summed E-state index contributed by atoms with van der Waals surface area (Å²) in [5.74, 6) is 0.106. The third-order valence-corrected chi connectivity index (χ3v) is 5.19. The van der Waals surface area contributed by atoms with Crippen molar-refractivity contribution in [2.75, 3.05) is 19.6 Å². The first kappa shape index (κ1) is 17.2. The third-order valence-electron chi connectivity index (χ3n) is 5.19. The predicted molar refractivity (Wildman–Crippen MR) is 82.7 cm³/mol. The molecule has 0 spiro atoms. The number of hydrogen-bond acceptors (Lipinski definition) is 4. The van der Waals surface area contributed by atoms with Crippen LogP contribution in [0, 0.1) is 11.8 Å². The van der Waals surface area contributed by atoms with Crippen molar-refractivity contribution in [1.29, 1.82) is 0 Å². The maximum atomic E-state index is 11.5. The van der Waals surface area contributed by atoms with E-state index in [0.29, 0.717) is 11.1 Å². The first-order chi connectivity index (χ1) is 10.4. The number of quaternary nitrogens is 1. The zero-order valence-electron chi connectivity index (χ0n) is 14.1. The van der Waals surface area contributed by atoms with Gasteiger partial charge in [-0.25, -0.2) is 0 Å². The van der Waals surface area contributed by atoms with Crippen LogP contribution in [0.4, 0.5) is 0 Å². The molecule has 1 aliphatic carbocycles. The van der Waals surface area contributed by atoms with E-state index in [0.717, 1.165) is 26.1 Å². The van der Waals surface area contributed by atoms with E-state index in [1.165, 1.54) is 0 Å². The largest absolute Gasteiger partial charge is 0.462 e. The quantitative estimate of drug-likeness (QED) is 0.313. The SMILES string of the molecule is CC[N+](CC)(CC)O[C@@H]1C[C@@H]2OC(=O)C[C@@H]2[C@H]1/C=C/C(C)=O. The van der Waals surface area contributed by atoms with E-state index in [-0.39, 0.29) is 35.8 Å². The van der Waals surface area contributed by atoms with E-state index < -0.39 is 0 Å². The van der Waals surface area contributed by atoms with Gasteiger partial charge in [-0.15, -0.1) is 0 Å². The zero-order valence-corrected chi connectivity index (χ0v) is 14.1. The minimum absolute atomic E-state index is 0.00134. The normalized spacial score (nSPS) is 31.5. The first-order valence-electron chi connectivity index (χ1n) is 8.37. The van der Waals surface area contributed by atoms with Crippen LogP contribution in [0.15, 0.2) is 12.2 Å². The summed E-state index contributed by atoms with van der Waals surface area (Å²) >= 11 is 0. The van der Waals surface area contributed by atoms with Crippen molar-refractivity contribution in [2.24, 2.45) is 11.8 Å². The number of allylic oxidation sites excluding steroid dienone is 1. The van der Waals surface area contributed by atoms with E-state index in [1.54, 1.807) is 13.0 Å². The van der Waals surface area contributed by atoms with Crippen LogP contribution in [0.5, 0.6) is 0 Å². The monoisotopic (exact) mass is 310 g/mol. The van der Waals surface area contributed by atoms with Crippen LogP contribution in [0.1, 0.15) is 40.5 Å². The van der Waals surface area contributed by atoms with Gasteiger partial charge in [-0.2, -0.15) is 9.48 Å². The Labute approximate surface area is 132 Å². The molecule has 5 nitrogen and oxygen atoms in total. The summed E-state index contributed by atoms with van der Waals surface area (Å²) in [6, 6.07) is 0. The molecule has 1 saturated heterocycles. The molecule has 2 fully saturated rings. The van der Waals surface area contributed by atoms with Crippen molar-refractivity contribution in [3.8, 4) is 0 Å². The van der Waals surface area contributed by atoms with E-state index >= 15 is 0 Å². The van der Waals surface area contributed by atoms with E-state index in [1.807, 2.05) is 6.08 Å². The number of hydrogen-bond donors (Lipinski definition) is 0. The van der Waals surface area contributed by atoms with Crippen LogP contribution in [0.3, 0.4) is 0 Å². The molecule has 22 heavy (non-hydrogen) atoms. The Morgan fingerprint density at radius 2 is 1.95 bits per heavy atom. The van der Waals surface area contributed by atoms with Gasteiger partial charge in [0.1, 0.15) is 31.8 Å². The molecule has 5 heteroatoms. The summed E-state index contributed by atoms with van der Waals surface area (Å²) in [5.41, 5.74) is 0. The zero-order chi connectivity index (χ0) is 16.3. The van der Waals surface area contributed by atoms with Crippen molar-refractivity contribution in [2.45, 2.75) is 52.7 Å². The Balaban J connectivity index is 2.18. The lowest BCUT2D eigenvalue weighted by molar-refractivity contribution is -1.11. The van der Waals surface area contributed by atoms with Crippen molar-refractivity contribution >= 4 is 11.8 Å². The molecular weight excluding hydrogens is 282 g/mol. The van der Waals surface area contributed by atoms with Gasteiger partial charge in [0.25, 0.3) is 0 Å². The van der Waals surface area contributed by atoms with Gasteiger partial charge in [0, 0.05) is 18.3 Å². The Hall–Kier alpha value is -1.20. The lowest BCUT2D eigenvalue weighted by atomic mass is 9.91. The Kier molecular flexibility index (Phi) is 5.40. The fraction of sp³-hybridized carbons (Fsp3) is 0.765. The molecular formula is C17H28NO4+. The van der Waals surface area contributed by atoms with Crippen LogP contribution >= 0.6 is 0 Å².